The quantitative estimate of drug-likeness (QED) is 0.486. The molecule has 0 spiro atoms. The third kappa shape index (κ3) is 3.71. The first kappa shape index (κ1) is 9.74. The van der Waals surface area contributed by atoms with E-state index in [0.717, 1.165) is 5.92 Å². The molecule has 0 aromatic rings. The van der Waals surface area contributed by atoms with Crippen LogP contribution in [0.15, 0.2) is 12.7 Å². The number of hydrogen-bond donors (Lipinski definition) is 0. The molecule has 0 aliphatic heterocycles. The standard InChI is InChI=1S/C8H14.C2H6/c1-2-8-6-4-3-5-7-8;1-2/h2,8H,1,3-7H2;1-2H3. The molecule has 0 aromatic carbocycles. The number of hydrogen-bond acceptors (Lipinski definition) is 0. The normalized spacial score (nSPS) is 19.0. The van der Waals surface area contributed by atoms with Crippen LogP contribution in [0, 0.1) is 5.92 Å². The van der Waals surface area contributed by atoms with Crippen molar-refractivity contribution in [2.45, 2.75) is 46.0 Å². The topological polar surface area (TPSA) is 0 Å². The van der Waals surface area contributed by atoms with E-state index in [0.29, 0.717) is 0 Å². The Hall–Kier alpha value is -0.260. The molecule has 0 saturated heterocycles. The molecule has 0 unspecified atom stereocenters. The smallest absolute Gasteiger partial charge is 0.0236 e. The summed E-state index contributed by atoms with van der Waals surface area (Å²) in [6, 6.07) is 0. The summed E-state index contributed by atoms with van der Waals surface area (Å²) in [5.74, 6) is 0.851. The first-order chi connectivity index (χ1) is 4.93. The molecule has 60 valence electrons. The molecule has 0 heteroatoms. The second-order valence-electron chi connectivity index (χ2n) is 2.63. The Labute approximate surface area is 65.3 Å². The lowest BCUT2D eigenvalue weighted by atomic mass is 9.90. The minimum absolute atomic E-state index is 0.851. The van der Waals surface area contributed by atoms with E-state index in [1.165, 1.54) is 32.1 Å². The minimum Gasteiger partial charge on any atom is -0.103 e. The third-order valence-electron chi connectivity index (χ3n) is 1.98. The van der Waals surface area contributed by atoms with Gasteiger partial charge in [-0.3, -0.25) is 0 Å². The zero-order chi connectivity index (χ0) is 7.82. The van der Waals surface area contributed by atoms with Crippen molar-refractivity contribution in [1.82, 2.24) is 0 Å². The summed E-state index contributed by atoms with van der Waals surface area (Å²) in [6.07, 6.45) is 9.20. The molecule has 0 atom stereocenters. The van der Waals surface area contributed by atoms with Gasteiger partial charge in [0.25, 0.3) is 0 Å². The van der Waals surface area contributed by atoms with Crippen LogP contribution in [-0.2, 0) is 0 Å². The van der Waals surface area contributed by atoms with Gasteiger partial charge in [0.1, 0.15) is 0 Å². The lowest BCUT2D eigenvalue weighted by Gasteiger charge is -2.16. The Balaban J connectivity index is 0.000000371. The highest BCUT2D eigenvalue weighted by Gasteiger charge is 2.07. The predicted molar refractivity (Wildman–Crippen MR) is 48.1 cm³/mol. The van der Waals surface area contributed by atoms with E-state index in [1.807, 2.05) is 13.8 Å². The van der Waals surface area contributed by atoms with E-state index in [-0.39, 0.29) is 0 Å². The summed E-state index contributed by atoms with van der Waals surface area (Å²) in [4.78, 5) is 0. The second kappa shape index (κ2) is 6.85. The first-order valence-corrected chi connectivity index (χ1v) is 4.56. The van der Waals surface area contributed by atoms with Crippen molar-refractivity contribution < 1.29 is 0 Å². The van der Waals surface area contributed by atoms with E-state index in [9.17, 15) is 0 Å². The highest BCUT2D eigenvalue weighted by molar-refractivity contribution is 4.80. The summed E-state index contributed by atoms with van der Waals surface area (Å²) in [6.45, 7) is 7.78. The van der Waals surface area contributed by atoms with E-state index >= 15 is 0 Å². The van der Waals surface area contributed by atoms with Crippen LogP contribution in [0.2, 0.25) is 0 Å². The van der Waals surface area contributed by atoms with Crippen LogP contribution in [0.4, 0.5) is 0 Å². The van der Waals surface area contributed by atoms with Crippen molar-refractivity contribution in [3.63, 3.8) is 0 Å². The largest absolute Gasteiger partial charge is 0.103 e. The fourth-order valence-electron chi connectivity index (χ4n) is 1.37. The summed E-state index contributed by atoms with van der Waals surface area (Å²) in [5, 5.41) is 0. The van der Waals surface area contributed by atoms with Crippen molar-refractivity contribution >= 4 is 0 Å². The van der Waals surface area contributed by atoms with Gasteiger partial charge in [-0.15, -0.1) is 6.58 Å². The van der Waals surface area contributed by atoms with Gasteiger partial charge < -0.3 is 0 Å². The van der Waals surface area contributed by atoms with Crippen molar-refractivity contribution in [2.24, 2.45) is 5.92 Å². The van der Waals surface area contributed by atoms with Crippen LogP contribution in [0.25, 0.3) is 0 Å². The molecule has 1 aliphatic rings. The average molecular weight is 140 g/mol. The molecule has 0 bridgehead atoms. The SMILES string of the molecule is C=CC1CCCCC1.CC. The fraction of sp³-hybridized carbons (Fsp3) is 0.800. The molecule has 10 heavy (non-hydrogen) atoms. The summed E-state index contributed by atoms with van der Waals surface area (Å²) >= 11 is 0. The number of rotatable bonds is 1. The molecule has 0 N–H and O–H groups in total. The third-order valence-corrected chi connectivity index (χ3v) is 1.98. The van der Waals surface area contributed by atoms with Crippen molar-refractivity contribution in [1.29, 1.82) is 0 Å². The molecule has 1 saturated carbocycles. The maximum atomic E-state index is 3.78. The van der Waals surface area contributed by atoms with Crippen LogP contribution in [0.1, 0.15) is 46.0 Å². The highest BCUT2D eigenvalue weighted by Crippen LogP contribution is 2.23. The van der Waals surface area contributed by atoms with E-state index in [2.05, 4.69) is 12.7 Å². The van der Waals surface area contributed by atoms with Gasteiger partial charge in [0.15, 0.2) is 0 Å². The second-order valence-corrected chi connectivity index (χ2v) is 2.63. The van der Waals surface area contributed by atoms with Gasteiger partial charge in [0.2, 0.25) is 0 Å². The zero-order valence-electron chi connectivity index (χ0n) is 7.40. The van der Waals surface area contributed by atoms with Gasteiger partial charge in [-0.2, -0.15) is 0 Å². The lowest BCUT2D eigenvalue weighted by molar-refractivity contribution is 0.420. The molecular weight excluding hydrogens is 120 g/mol. The van der Waals surface area contributed by atoms with E-state index in [4.69, 9.17) is 0 Å². The van der Waals surface area contributed by atoms with Crippen LogP contribution in [0.5, 0.6) is 0 Å². The summed E-state index contributed by atoms with van der Waals surface area (Å²) < 4.78 is 0. The van der Waals surface area contributed by atoms with Crippen LogP contribution < -0.4 is 0 Å². The van der Waals surface area contributed by atoms with Crippen LogP contribution >= 0.6 is 0 Å². The molecule has 0 radical (unpaired) electrons. The highest BCUT2D eigenvalue weighted by atomic mass is 14.1. The van der Waals surface area contributed by atoms with Gasteiger partial charge in [-0.1, -0.05) is 39.2 Å². The Kier molecular flexibility index (Phi) is 6.68. The van der Waals surface area contributed by atoms with Crippen molar-refractivity contribution in [3.8, 4) is 0 Å². The lowest BCUT2D eigenvalue weighted by Crippen LogP contribution is -2.01. The average Bonchev–Trinajstić information content (AvgIpc) is 2.10. The van der Waals surface area contributed by atoms with Gasteiger partial charge in [-0.05, 0) is 18.8 Å². The minimum atomic E-state index is 0.851. The fourth-order valence-corrected chi connectivity index (χ4v) is 1.37. The summed E-state index contributed by atoms with van der Waals surface area (Å²) in [5.41, 5.74) is 0. The van der Waals surface area contributed by atoms with E-state index in [1.54, 1.807) is 0 Å². The van der Waals surface area contributed by atoms with Crippen molar-refractivity contribution in [2.75, 3.05) is 0 Å². The Morgan fingerprint density at radius 2 is 1.60 bits per heavy atom. The summed E-state index contributed by atoms with van der Waals surface area (Å²) in [7, 11) is 0. The van der Waals surface area contributed by atoms with Gasteiger partial charge in [-0.25, -0.2) is 0 Å². The molecule has 0 nitrogen and oxygen atoms in total. The number of allylic oxidation sites excluding steroid dienone is 1. The molecule has 1 aliphatic carbocycles. The van der Waals surface area contributed by atoms with E-state index < -0.39 is 0 Å². The van der Waals surface area contributed by atoms with Gasteiger partial charge in [0, 0.05) is 0 Å². The Bertz CT molecular complexity index is 68.1. The first-order valence-electron chi connectivity index (χ1n) is 4.56. The predicted octanol–water partition coefficient (Wildman–Crippen LogP) is 3.78. The zero-order valence-corrected chi connectivity index (χ0v) is 7.40. The molecule has 0 amide bonds. The molecular formula is C10H20. The maximum absolute atomic E-state index is 3.78. The van der Waals surface area contributed by atoms with Gasteiger partial charge >= 0.3 is 0 Å². The van der Waals surface area contributed by atoms with Gasteiger partial charge in [0.05, 0.1) is 0 Å². The molecule has 1 rings (SSSR count). The van der Waals surface area contributed by atoms with Crippen LogP contribution in [-0.4, -0.2) is 0 Å². The monoisotopic (exact) mass is 140 g/mol. The van der Waals surface area contributed by atoms with Crippen LogP contribution in [0.3, 0.4) is 0 Å². The Morgan fingerprint density at radius 3 is 1.90 bits per heavy atom. The molecule has 0 aromatic heterocycles. The molecule has 0 heterocycles. The van der Waals surface area contributed by atoms with Crippen molar-refractivity contribution in [3.05, 3.63) is 12.7 Å². The molecule has 1 fully saturated rings. The Morgan fingerprint density at radius 1 is 1.10 bits per heavy atom. The maximum Gasteiger partial charge on any atom is -0.0236 e.